The molecule has 0 aliphatic carbocycles. The van der Waals surface area contributed by atoms with Crippen LogP contribution >= 0.6 is 0 Å². The van der Waals surface area contributed by atoms with Gasteiger partial charge in [0.1, 0.15) is 0 Å². The van der Waals surface area contributed by atoms with E-state index in [0.29, 0.717) is 0 Å². The van der Waals surface area contributed by atoms with E-state index in [2.05, 4.69) is 32.9 Å². The molecule has 1 rings (SSSR count). The van der Waals surface area contributed by atoms with Crippen LogP contribution in [0.25, 0.3) is 0 Å². The first-order valence-corrected chi connectivity index (χ1v) is 7.16. The second-order valence-electron chi connectivity index (χ2n) is 5.85. The number of rotatable bonds is 5. The monoisotopic (exact) mass is 264 g/mol. The summed E-state index contributed by atoms with van der Waals surface area (Å²) >= 11 is 0. The lowest BCUT2D eigenvalue weighted by Crippen LogP contribution is -2.23. The summed E-state index contributed by atoms with van der Waals surface area (Å²) in [6, 6.07) is 0. The SMILES string of the molecule is CC(C)=CCC/C(C)=C/C=C/C1(C)OC(C)C(C)O1. The zero-order valence-corrected chi connectivity index (χ0v) is 13.2. The highest BCUT2D eigenvalue weighted by atomic mass is 16.7. The quantitative estimate of drug-likeness (QED) is 0.526. The molecular weight excluding hydrogens is 236 g/mol. The molecular formula is C17H28O2. The van der Waals surface area contributed by atoms with Gasteiger partial charge in [0.25, 0.3) is 0 Å². The summed E-state index contributed by atoms with van der Waals surface area (Å²) in [5.41, 5.74) is 2.75. The van der Waals surface area contributed by atoms with Crippen LogP contribution in [0.2, 0.25) is 0 Å². The van der Waals surface area contributed by atoms with Gasteiger partial charge in [-0.25, -0.2) is 0 Å². The first-order valence-electron chi connectivity index (χ1n) is 7.16. The van der Waals surface area contributed by atoms with Gasteiger partial charge in [-0.3, -0.25) is 0 Å². The molecule has 1 saturated heterocycles. The Bertz CT molecular complexity index is 363. The molecule has 1 fully saturated rings. The molecule has 1 aliphatic rings. The number of hydrogen-bond acceptors (Lipinski definition) is 2. The van der Waals surface area contributed by atoms with Crippen molar-refractivity contribution in [2.75, 3.05) is 0 Å². The van der Waals surface area contributed by atoms with Gasteiger partial charge in [-0.1, -0.05) is 29.4 Å². The van der Waals surface area contributed by atoms with E-state index in [1.54, 1.807) is 0 Å². The van der Waals surface area contributed by atoms with Gasteiger partial charge < -0.3 is 9.47 Å². The minimum absolute atomic E-state index is 0.150. The van der Waals surface area contributed by atoms with Crippen LogP contribution in [-0.2, 0) is 9.47 Å². The zero-order chi connectivity index (χ0) is 14.5. The summed E-state index contributed by atoms with van der Waals surface area (Å²) in [5, 5.41) is 0. The highest BCUT2D eigenvalue weighted by Gasteiger charge is 2.37. The minimum Gasteiger partial charge on any atom is -0.341 e. The fourth-order valence-corrected chi connectivity index (χ4v) is 2.10. The van der Waals surface area contributed by atoms with Gasteiger partial charge in [0.05, 0.1) is 12.2 Å². The molecule has 0 amide bonds. The van der Waals surface area contributed by atoms with Gasteiger partial charge in [0.2, 0.25) is 0 Å². The summed E-state index contributed by atoms with van der Waals surface area (Å²) in [7, 11) is 0. The highest BCUT2D eigenvalue weighted by molar-refractivity contribution is 5.14. The Hall–Kier alpha value is -0.860. The van der Waals surface area contributed by atoms with Gasteiger partial charge in [-0.2, -0.15) is 0 Å². The normalized spacial score (nSPS) is 32.0. The van der Waals surface area contributed by atoms with Crippen LogP contribution in [0, 0.1) is 0 Å². The van der Waals surface area contributed by atoms with Crippen LogP contribution in [0.4, 0.5) is 0 Å². The lowest BCUT2D eigenvalue weighted by Gasteiger charge is -2.18. The van der Waals surface area contributed by atoms with E-state index in [9.17, 15) is 0 Å². The number of hydrogen-bond donors (Lipinski definition) is 0. The fraction of sp³-hybridized carbons (Fsp3) is 0.647. The molecule has 2 unspecified atom stereocenters. The van der Waals surface area contributed by atoms with Crippen LogP contribution in [0.5, 0.6) is 0 Å². The van der Waals surface area contributed by atoms with Crippen molar-refractivity contribution in [3.63, 3.8) is 0 Å². The predicted octanol–water partition coefficient (Wildman–Crippen LogP) is 4.78. The Balaban J connectivity index is 2.46. The minimum atomic E-state index is -0.574. The van der Waals surface area contributed by atoms with Crippen molar-refractivity contribution >= 4 is 0 Å². The average Bonchev–Trinajstić information content (AvgIpc) is 2.52. The maximum Gasteiger partial charge on any atom is 0.186 e. The highest BCUT2D eigenvalue weighted by Crippen LogP contribution is 2.29. The summed E-state index contributed by atoms with van der Waals surface area (Å²) in [6.45, 7) is 12.5. The Morgan fingerprint density at radius 2 is 1.68 bits per heavy atom. The smallest absolute Gasteiger partial charge is 0.186 e. The second kappa shape index (κ2) is 7.06. The first kappa shape index (κ1) is 16.2. The third-order valence-electron chi connectivity index (χ3n) is 3.37. The summed E-state index contributed by atoms with van der Waals surface area (Å²) in [5.74, 6) is -0.574. The van der Waals surface area contributed by atoms with E-state index >= 15 is 0 Å². The van der Waals surface area contributed by atoms with Crippen LogP contribution in [-0.4, -0.2) is 18.0 Å². The Morgan fingerprint density at radius 3 is 2.21 bits per heavy atom. The molecule has 0 bridgehead atoms. The summed E-state index contributed by atoms with van der Waals surface area (Å²) in [6.07, 6.45) is 11.0. The third-order valence-corrected chi connectivity index (χ3v) is 3.37. The van der Waals surface area contributed by atoms with E-state index < -0.39 is 5.79 Å². The van der Waals surface area contributed by atoms with Gasteiger partial charge in [-0.15, -0.1) is 0 Å². The molecule has 2 nitrogen and oxygen atoms in total. The van der Waals surface area contributed by atoms with Gasteiger partial charge in [0, 0.05) is 0 Å². The predicted molar refractivity (Wildman–Crippen MR) is 81.1 cm³/mol. The molecule has 0 N–H and O–H groups in total. The van der Waals surface area contributed by atoms with Crippen LogP contribution in [0.1, 0.15) is 54.4 Å². The standard InChI is InChI=1S/C17H28O2/c1-13(2)9-7-10-14(3)11-8-12-17(6)18-15(4)16(5)19-17/h8-9,11-12,15-16H,7,10H2,1-6H3/b12-8+,14-11+. The van der Waals surface area contributed by atoms with Crippen molar-refractivity contribution in [3.05, 3.63) is 35.5 Å². The molecule has 0 aromatic carbocycles. The van der Waals surface area contributed by atoms with E-state index in [0.717, 1.165) is 12.8 Å². The molecule has 0 spiro atoms. The Labute approximate surface area is 118 Å². The Kier molecular flexibility index (Phi) is 6.02. The maximum absolute atomic E-state index is 5.81. The number of ether oxygens (including phenoxy) is 2. The zero-order valence-electron chi connectivity index (χ0n) is 13.2. The molecule has 2 atom stereocenters. The van der Waals surface area contributed by atoms with Crippen molar-refractivity contribution in [2.24, 2.45) is 0 Å². The van der Waals surface area contributed by atoms with E-state index in [-0.39, 0.29) is 12.2 Å². The number of allylic oxidation sites excluding steroid dienone is 5. The Morgan fingerprint density at radius 1 is 1.11 bits per heavy atom. The van der Waals surface area contributed by atoms with Crippen LogP contribution in [0.3, 0.4) is 0 Å². The molecule has 0 saturated carbocycles. The van der Waals surface area contributed by atoms with Crippen molar-refractivity contribution in [1.29, 1.82) is 0 Å². The van der Waals surface area contributed by atoms with E-state index in [1.807, 2.05) is 32.9 Å². The largest absolute Gasteiger partial charge is 0.341 e. The van der Waals surface area contributed by atoms with E-state index in [1.165, 1.54) is 11.1 Å². The van der Waals surface area contributed by atoms with Crippen molar-refractivity contribution in [2.45, 2.75) is 72.4 Å². The lowest BCUT2D eigenvalue weighted by atomic mass is 10.1. The molecule has 108 valence electrons. The average molecular weight is 264 g/mol. The first-order chi connectivity index (χ1) is 8.82. The third kappa shape index (κ3) is 5.75. The van der Waals surface area contributed by atoms with Crippen LogP contribution < -0.4 is 0 Å². The molecule has 2 heteroatoms. The lowest BCUT2D eigenvalue weighted by molar-refractivity contribution is -0.118. The molecule has 0 radical (unpaired) electrons. The molecule has 1 aliphatic heterocycles. The van der Waals surface area contributed by atoms with Crippen molar-refractivity contribution in [3.8, 4) is 0 Å². The van der Waals surface area contributed by atoms with Crippen LogP contribution in [0.15, 0.2) is 35.5 Å². The van der Waals surface area contributed by atoms with Crippen molar-refractivity contribution in [1.82, 2.24) is 0 Å². The fourth-order valence-electron chi connectivity index (χ4n) is 2.10. The topological polar surface area (TPSA) is 18.5 Å². The van der Waals surface area contributed by atoms with Crippen molar-refractivity contribution < 1.29 is 9.47 Å². The second-order valence-corrected chi connectivity index (χ2v) is 5.85. The maximum atomic E-state index is 5.81. The van der Waals surface area contributed by atoms with E-state index in [4.69, 9.17) is 9.47 Å². The molecule has 1 heterocycles. The van der Waals surface area contributed by atoms with Gasteiger partial charge in [0.15, 0.2) is 5.79 Å². The summed E-state index contributed by atoms with van der Waals surface area (Å²) in [4.78, 5) is 0. The van der Waals surface area contributed by atoms with Gasteiger partial charge >= 0.3 is 0 Å². The summed E-state index contributed by atoms with van der Waals surface area (Å²) < 4.78 is 11.6. The molecule has 0 aromatic rings. The molecule has 0 aromatic heterocycles. The van der Waals surface area contributed by atoms with Gasteiger partial charge in [-0.05, 0) is 60.5 Å². The molecule has 19 heavy (non-hydrogen) atoms.